The molecule has 0 bridgehead atoms. The highest BCUT2D eigenvalue weighted by Gasteiger charge is 2.15. The van der Waals surface area contributed by atoms with Crippen molar-refractivity contribution < 1.29 is 18.4 Å². The van der Waals surface area contributed by atoms with Crippen LogP contribution in [0.1, 0.15) is 26.4 Å². The largest absolute Gasteiger partial charge is 0.431 e. The fourth-order valence-corrected chi connectivity index (χ4v) is 2.50. The van der Waals surface area contributed by atoms with E-state index in [4.69, 9.17) is 4.42 Å². The van der Waals surface area contributed by atoms with Crippen molar-refractivity contribution in [2.45, 2.75) is 6.92 Å². The molecule has 2 amide bonds. The average molecular weight is 345 g/mol. The van der Waals surface area contributed by atoms with E-state index in [1.54, 1.807) is 35.9 Å². The summed E-state index contributed by atoms with van der Waals surface area (Å²) in [4.78, 5) is 27.8. The Kier molecular flexibility index (Phi) is 4.39. The number of rotatable bonds is 4. The number of nitrogens with one attached hydrogen (secondary N) is 2. The molecule has 0 unspecified atom stereocenters. The van der Waals surface area contributed by atoms with Gasteiger partial charge in [0.25, 0.3) is 11.8 Å². The number of anilines is 2. The Morgan fingerprint density at radius 1 is 1.21 bits per heavy atom. The summed E-state index contributed by atoms with van der Waals surface area (Å²) < 4.78 is 18.5. The van der Waals surface area contributed by atoms with E-state index < -0.39 is 11.7 Å². The molecule has 0 saturated heterocycles. The van der Waals surface area contributed by atoms with Crippen molar-refractivity contribution in [3.63, 3.8) is 0 Å². The molecule has 0 saturated carbocycles. The van der Waals surface area contributed by atoms with E-state index in [1.807, 2.05) is 0 Å². The van der Waals surface area contributed by atoms with Gasteiger partial charge in [0.05, 0.1) is 5.56 Å². The Morgan fingerprint density at radius 3 is 2.75 bits per heavy atom. The van der Waals surface area contributed by atoms with Crippen LogP contribution in [0.3, 0.4) is 0 Å². The van der Waals surface area contributed by atoms with Gasteiger partial charge in [0, 0.05) is 11.1 Å². The lowest BCUT2D eigenvalue weighted by atomic mass is 10.2. The van der Waals surface area contributed by atoms with Crippen molar-refractivity contribution in [1.82, 2.24) is 4.98 Å². The maximum Gasteiger partial charge on any atom is 0.302 e. The van der Waals surface area contributed by atoms with Crippen molar-refractivity contribution >= 4 is 34.9 Å². The molecule has 0 aliphatic heterocycles. The Labute approximate surface area is 140 Å². The zero-order chi connectivity index (χ0) is 17.1. The smallest absolute Gasteiger partial charge is 0.302 e. The number of amides is 2. The van der Waals surface area contributed by atoms with E-state index >= 15 is 0 Å². The molecule has 24 heavy (non-hydrogen) atoms. The average Bonchev–Trinajstić information content (AvgIpc) is 3.22. The van der Waals surface area contributed by atoms with Crippen LogP contribution in [0, 0.1) is 12.7 Å². The van der Waals surface area contributed by atoms with Gasteiger partial charge in [-0.2, -0.15) is 16.3 Å². The molecule has 0 spiro atoms. The predicted octanol–water partition coefficient (Wildman–Crippen LogP) is 3.69. The second kappa shape index (κ2) is 6.63. The number of oxazole rings is 1. The number of carbonyl (C=O) groups is 2. The number of hydrogen-bond donors (Lipinski definition) is 2. The number of carbonyl (C=O) groups excluding carboxylic acids is 2. The summed E-state index contributed by atoms with van der Waals surface area (Å²) in [6.45, 7) is 1.63. The minimum Gasteiger partial charge on any atom is -0.431 e. The number of halogens is 1. The predicted molar refractivity (Wildman–Crippen MR) is 87.9 cm³/mol. The lowest BCUT2D eigenvalue weighted by Gasteiger charge is -2.04. The minimum absolute atomic E-state index is 0.0309. The zero-order valence-electron chi connectivity index (χ0n) is 12.5. The third kappa shape index (κ3) is 3.49. The first-order valence-corrected chi connectivity index (χ1v) is 7.84. The summed E-state index contributed by atoms with van der Waals surface area (Å²) in [6, 6.07) is 5.91. The molecular formula is C16H12FN3O3S. The van der Waals surface area contributed by atoms with Gasteiger partial charge in [0.2, 0.25) is 0 Å². The lowest BCUT2D eigenvalue weighted by molar-refractivity contribution is 0.101. The van der Waals surface area contributed by atoms with Crippen molar-refractivity contribution in [1.29, 1.82) is 0 Å². The number of aromatic nitrogens is 1. The zero-order valence-corrected chi connectivity index (χ0v) is 13.3. The summed E-state index contributed by atoms with van der Waals surface area (Å²) in [5.74, 6) is -1.37. The van der Waals surface area contributed by atoms with Crippen LogP contribution in [-0.4, -0.2) is 16.8 Å². The second-order valence-corrected chi connectivity index (χ2v) is 5.70. The van der Waals surface area contributed by atoms with E-state index in [0.717, 1.165) is 6.26 Å². The molecule has 1 aromatic carbocycles. The van der Waals surface area contributed by atoms with Gasteiger partial charge in [-0.15, -0.1) is 0 Å². The van der Waals surface area contributed by atoms with E-state index in [9.17, 15) is 14.0 Å². The highest BCUT2D eigenvalue weighted by molar-refractivity contribution is 7.08. The Balaban J connectivity index is 1.67. The molecule has 0 aliphatic rings. The summed E-state index contributed by atoms with van der Waals surface area (Å²) >= 11 is 1.39. The Bertz CT molecular complexity index is 890. The van der Waals surface area contributed by atoms with Gasteiger partial charge in [0.1, 0.15) is 12.1 Å². The topological polar surface area (TPSA) is 84.2 Å². The molecule has 2 heterocycles. The van der Waals surface area contributed by atoms with E-state index in [1.165, 1.54) is 17.4 Å². The van der Waals surface area contributed by atoms with Gasteiger partial charge in [-0.05, 0) is 36.1 Å². The summed E-state index contributed by atoms with van der Waals surface area (Å²) in [7, 11) is 0. The summed E-state index contributed by atoms with van der Waals surface area (Å²) in [5.41, 5.74) is 1.22. The number of aryl methyl sites for hydroxylation is 1. The quantitative estimate of drug-likeness (QED) is 0.755. The molecule has 0 fully saturated rings. The van der Waals surface area contributed by atoms with Gasteiger partial charge in [-0.1, -0.05) is 6.07 Å². The van der Waals surface area contributed by atoms with Gasteiger partial charge in [-0.3, -0.25) is 14.9 Å². The van der Waals surface area contributed by atoms with Crippen LogP contribution in [0.15, 0.2) is 45.7 Å². The summed E-state index contributed by atoms with van der Waals surface area (Å²) in [5, 5.41) is 8.40. The molecular weight excluding hydrogens is 333 g/mol. The molecule has 2 aromatic heterocycles. The molecule has 0 atom stereocenters. The van der Waals surface area contributed by atoms with Crippen molar-refractivity contribution in [2.75, 3.05) is 10.6 Å². The monoisotopic (exact) mass is 345 g/mol. The SMILES string of the molecule is Cc1ccc(NC(=O)c2coc(NC(=O)c3ccsc3)n2)cc1F. The molecule has 8 heteroatoms. The van der Waals surface area contributed by atoms with Gasteiger partial charge < -0.3 is 9.73 Å². The van der Waals surface area contributed by atoms with Crippen LogP contribution in [0.4, 0.5) is 16.1 Å². The van der Waals surface area contributed by atoms with E-state index in [2.05, 4.69) is 15.6 Å². The van der Waals surface area contributed by atoms with Crippen molar-refractivity contribution in [3.8, 4) is 0 Å². The minimum atomic E-state index is -0.571. The van der Waals surface area contributed by atoms with Crippen molar-refractivity contribution in [3.05, 3.63) is 63.9 Å². The number of hydrogen-bond acceptors (Lipinski definition) is 5. The van der Waals surface area contributed by atoms with Crippen LogP contribution in [0.5, 0.6) is 0 Å². The third-order valence-electron chi connectivity index (χ3n) is 3.17. The highest BCUT2D eigenvalue weighted by Crippen LogP contribution is 2.16. The molecule has 122 valence electrons. The standard InChI is InChI=1S/C16H12FN3O3S/c1-9-2-3-11(6-12(9)17)18-15(22)13-7-23-16(19-13)20-14(21)10-4-5-24-8-10/h2-8H,1H3,(H,18,22)(H,19,20,21). The van der Waals surface area contributed by atoms with E-state index in [0.29, 0.717) is 16.8 Å². The first kappa shape index (κ1) is 15.9. The second-order valence-electron chi connectivity index (χ2n) is 4.92. The van der Waals surface area contributed by atoms with Crippen LogP contribution >= 0.6 is 11.3 Å². The molecule has 3 aromatic rings. The number of thiophene rings is 1. The third-order valence-corrected chi connectivity index (χ3v) is 3.85. The molecule has 3 rings (SSSR count). The van der Waals surface area contributed by atoms with Gasteiger partial charge >= 0.3 is 6.01 Å². The fourth-order valence-electron chi connectivity index (χ4n) is 1.86. The molecule has 2 N–H and O–H groups in total. The number of nitrogens with zero attached hydrogens (tertiary/aromatic N) is 1. The molecule has 0 radical (unpaired) electrons. The lowest BCUT2D eigenvalue weighted by Crippen LogP contribution is -2.14. The first-order chi connectivity index (χ1) is 11.5. The van der Waals surface area contributed by atoms with Crippen LogP contribution < -0.4 is 10.6 Å². The maximum atomic E-state index is 13.5. The van der Waals surface area contributed by atoms with Crippen LogP contribution in [-0.2, 0) is 0 Å². The van der Waals surface area contributed by atoms with Crippen LogP contribution in [0.25, 0.3) is 0 Å². The maximum absolute atomic E-state index is 13.5. The van der Waals surface area contributed by atoms with E-state index in [-0.39, 0.29) is 17.6 Å². The van der Waals surface area contributed by atoms with Crippen molar-refractivity contribution in [2.24, 2.45) is 0 Å². The molecule has 6 nitrogen and oxygen atoms in total. The van der Waals surface area contributed by atoms with Gasteiger partial charge in [-0.25, -0.2) is 4.39 Å². The summed E-state index contributed by atoms with van der Waals surface area (Å²) in [6.07, 6.45) is 1.11. The fraction of sp³-hybridized carbons (Fsp3) is 0.0625. The van der Waals surface area contributed by atoms with Gasteiger partial charge in [0.15, 0.2) is 5.69 Å². The number of benzene rings is 1. The Morgan fingerprint density at radius 2 is 2.04 bits per heavy atom. The normalized spacial score (nSPS) is 10.4. The highest BCUT2D eigenvalue weighted by atomic mass is 32.1. The Hall–Kier alpha value is -3.00. The first-order valence-electron chi connectivity index (χ1n) is 6.89. The molecule has 0 aliphatic carbocycles. The van der Waals surface area contributed by atoms with Crippen LogP contribution in [0.2, 0.25) is 0 Å².